The van der Waals surface area contributed by atoms with Gasteiger partial charge in [-0.1, -0.05) is 32.6 Å². The van der Waals surface area contributed by atoms with Crippen molar-refractivity contribution >= 4 is 0 Å². The Morgan fingerprint density at radius 2 is 2.12 bits per heavy atom. The first-order valence-corrected chi connectivity index (χ1v) is 6.37. The van der Waals surface area contributed by atoms with Crippen LogP contribution in [0.5, 0.6) is 0 Å². The predicted molar refractivity (Wildman–Crippen MR) is 69.5 cm³/mol. The SMILES string of the molecule is CCCCCCC(NC)c1cnccc1C. The summed E-state index contributed by atoms with van der Waals surface area (Å²) in [4.78, 5) is 4.22. The number of aryl methyl sites for hydroxylation is 1. The molecule has 0 saturated heterocycles. The number of rotatable bonds is 7. The first-order valence-electron chi connectivity index (χ1n) is 6.37. The van der Waals surface area contributed by atoms with Crippen LogP contribution in [0.3, 0.4) is 0 Å². The second-order valence-electron chi connectivity index (χ2n) is 4.42. The summed E-state index contributed by atoms with van der Waals surface area (Å²) in [6.45, 7) is 4.41. The average Bonchev–Trinajstić information content (AvgIpc) is 2.31. The van der Waals surface area contributed by atoms with Gasteiger partial charge in [-0.3, -0.25) is 4.98 Å². The normalized spacial score (nSPS) is 12.7. The molecule has 1 N–H and O–H groups in total. The van der Waals surface area contributed by atoms with Gasteiger partial charge in [0.25, 0.3) is 0 Å². The number of aromatic nitrogens is 1. The molecule has 1 rings (SSSR count). The molecule has 0 bridgehead atoms. The molecule has 2 heteroatoms. The quantitative estimate of drug-likeness (QED) is 0.710. The predicted octanol–water partition coefficient (Wildman–Crippen LogP) is 3.62. The van der Waals surface area contributed by atoms with Crippen LogP contribution in [0.15, 0.2) is 18.5 Å². The van der Waals surface area contributed by atoms with Gasteiger partial charge >= 0.3 is 0 Å². The Labute approximate surface area is 99.5 Å². The number of hydrogen-bond donors (Lipinski definition) is 1. The van der Waals surface area contributed by atoms with Gasteiger partial charge in [-0.15, -0.1) is 0 Å². The molecule has 0 spiro atoms. The van der Waals surface area contributed by atoms with E-state index in [1.165, 1.54) is 43.2 Å². The first kappa shape index (κ1) is 13.2. The van der Waals surface area contributed by atoms with Crippen molar-refractivity contribution in [2.45, 2.75) is 52.0 Å². The van der Waals surface area contributed by atoms with Crippen molar-refractivity contribution in [2.75, 3.05) is 7.05 Å². The summed E-state index contributed by atoms with van der Waals surface area (Å²) in [7, 11) is 2.04. The fraction of sp³-hybridized carbons (Fsp3) is 0.643. The first-order chi connectivity index (χ1) is 7.79. The smallest absolute Gasteiger partial charge is 0.0335 e. The third-order valence-electron chi connectivity index (χ3n) is 3.15. The van der Waals surface area contributed by atoms with Gasteiger partial charge in [0, 0.05) is 18.4 Å². The Morgan fingerprint density at radius 3 is 2.75 bits per heavy atom. The Morgan fingerprint density at radius 1 is 1.31 bits per heavy atom. The molecule has 1 unspecified atom stereocenters. The van der Waals surface area contributed by atoms with E-state index in [4.69, 9.17) is 0 Å². The zero-order valence-electron chi connectivity index (χ0n) is 10.8. The maximum absolute atomic E-state index is 4.22. The van der Waals surface area contributed by atoms with Gasteiger partial charge in [0.2, 0.25) is 0 Å². The summed E-state index contributed by atoms with van der Waals surface area (Å²) >= 11 is 0. The maximum Gasteiger partial charge on any atom is 0.0335 e. The van der Waals surface area contributed by atoms with Gasteiger partial charge < -0.3 is 5.32 Å². The highest BCUT2D eigenvalue weighted by molar-refractivity contribution is 5.24. The number of nitrogens with one attached hydrogen (secondary N) is 1. The summed E-state index contributed by atoms with van der Waals surface area (Å²) in [5.41, 5.74) is 2.69. The number of hydrogen-bond acceptors (Lipinski definition) is 2. The number of nitrogens with zero attached hydrogens (tertiary/aromatic N) is 1. The van der Waals surface area contributed by atoms with Crippen LogP contribution < -0.4 is 5.32 Å². The van der Waals surface area contributed by atoms with Crippen molar-refractivity contribution in [1.29, 1.82) is 0 Å². The van der Waals surface area contributed by atoms with Gasteiger partial charge in [0.1, 0.15) is 0 Å². The van der Waals surface area contributed by atoms with Gasteiger partial charge in [-0.25, -0.2) is 0 Å². The molecule has 90 valence electrons. The molecule has 0 saturated carbocycles. The average molecular weight is 220 g/mol. The molecule has 0 amide bonds. The Balaban J connectivity index is 2.51. The lowest BCUT2D eigenvalue weighted by atomic mass is 9.98. The lowest BCUT2D eigenvalue weighted by Gasteiger charge is -2.18. The molecule has 1 aromatic rings. The number of unbranched alkanes of at least 4 members (excludes halogenated alkanes) is 3. The minimum atomic E-state index is 0.463. The van der Waals surface area contributed by atoms with E-state index in [-0.39, 0.29) is 0 Å². The van der Waals surface area contributed by atoms with Crippen LogP contribution in [0.2, 0.25) is 0 Å². The number of pyridine rings is 1. The van der Waals surface area contributed by atoms with Crippen molar-refractivity contribution in [3.63, 3.8) is 0 Å². The minimum absolute atomic E-state index is 0.463. The second-order valence-corrected chi connectivity index (χ2v) is 4.42. The van der Waals surface area contributed by atoms with E-state index in [1.807, 2.05) is 19.4 Å². The summed E-state index contributed by atoms with van der Waals surface area (Å²) in [5.74, 6) is 0. The molecular weight excluding hydrogens is 196 g/mol. The molecule has 0 fully saturated rings. The highest BCUT2D eigenvalue weighted by Crippen LogP contribution is 2.21. The monoisotopic (exact) mass is 220 g/mol. The van der Waals surface area contributed by atoms with E-state index >= 15 is 0 Å². The lowest BCUT2D eigenvalue weighted by molar-refractivity contribution is 0.502. The van der Waals surface area contributed by atoms with E-state index in [9.17, 15) is 0 Å². The molecule has 2 nitrogen and oxygen atoms in total. The summed E-state index contributed by atoms with van der Waals surface area (Å²) in [6.07, 6.45) is 10.4. The summed E-state index contributed by atoms with van der Waals surface area (Å²) in [6, 6.07) is 2.55. The van der Waals surface area contributed by atoms with Crippen molar-refractivity contribution < 1.29 is 0 Å². The Hall–Kier alpha value is -0.890. The lowest BCUT2D eigenvalue weighted by Crippen LogP contribution is -2.17. The standard InChI is InChI=1S/C14H24N2/c1-4-5-6-7-8-14(15-3)13-11-16-10-9-12(13)2/h9-11,14-15H,4-8H2,1-3H3. The zero-order valence-corrected chi connectivity index (χ0v) is 10.8. The Kier molecular flexibility index (Phi) is 6.09. The van der Waals surface area contributed by atoms with Crippen molar-refractivity contribution in [1.82, 2.24) is 10.3 Å². The highest BCUT2D eigenvalue weighted by atomic mass is 14.9. The highest BCUT2D eigenvalue weighted by Gasteiger charge is 2.10. The van der Waals surface area contributed by atoms with Crippen LogP contribution in [0, 0.1) is 6.92 Å². The van der Waals surface area contributed by atoms with Crippen LogP contribution in [0.4, 0.5) is 0 Å². The summed E-state index contributed by atoms with van der Waals surface area (Å²) in [5, 5.41) is 3.40. The third-order valence-corrected chi connectivity index (χ3v) is 3.15. The largest absolute Gasteiger partial charge is 0.313 e. The van der Waals surface area contributed by atoms with Crippen LogP contribution in [-0.4, -0.2) is 12.0 Å². The topological polar surface area (TPSA) is 24.9 Å². The van der Waals surface area contributed by atoms with Crippen molar-refractivity contribution in [3.8, 4) is 0 Å². The molecule has 1 aromatic heterocycles. The molecule has 0 aliphatic carbocycles. The summed E-state index contributed by atoms with van der Waals surface area (Å²) < 4.78 is 0. The molecule has 0 aliphatic heterocycles. The fourth-order valence-corrected chi connectivity index (χ4v) is 2.07. The maximum atomic E-state index is 4.22. The van der Waals surface area contributed by atoms with E-state index < -0.39 is 0 Å². The van der Waals surface area contributed by atoms with Gasteiger partial charge in [0.05, 0.1) is 0 Å². The van der Waals surface area contributed by atoms with Crippen LogP contribution in [-0.2, 0) is 0 Å². The minimum Gasteiger partial charge on any atom is -0.313 e. The van der Waals surface area contributed by atoms with Gasteiger partial charge in [0.15, 0.2) is 0 Å². The van der Waals surface area contributed by atoms with Gasteiger partial charge in [-0.2, -0.15) is 0 Å². The van der Waals surface area contributed by atoms with Crippen molar-refractivity contribution in [3.05, 3.63) is 29.6 Å². The zero-order chi connectivity index (χ0) is 11.8. The molecule has 1 heterocycles. The third kappa shape index (κ3) is 3.93. The molecule has 0 aromatic carbocycles. The van der Waals surface area contributed by atoms with E-state index in [0.29, 0.717) is 6.04 Å². The van der Waals surface area contributed by atoms with Crippen LogP contribution >= 0.6 is 0 Å². The van der Waals surface area contributed by atoms with Gasteiger partial charge in [-0.05, 0) is 37.6 Å². The molecular formula is C14H24N2. The Bertz CT molecular complexity index is 297. The van der Waals surface area contributed by atoms with E-state index in [2.05, 4.69) is 30.2 Å². The second kappa shape index (κ2) is 7.39. The van der Waals surface area contributed by atoms with Crippen molar-refractivity contribution in [2.24, 2.45) is 0 Å². The fourth-order valence-electron chi connectivity index (χ4n) is 2.07. The van der Waals surface area contributed by atoms with E-state index in [0.717, 1.165) is 0 Å². The molecule has 1 atom stereocenters. The molecule has 0 radical (unpaired) electrons. The van der Waals surface area contributed by atoms with Crippen LogP contribution in [0.25, 0.3) is 0 Å². The molecule has 0 aliphatic rings. The molecule has 16 heavy (non-hydrogen) atoms. The van der Waals surface area contributed by atoms with Crippen LogP contribution in [0.1, 0.15) is 56.2 Å². The van der Waals surface area contributed by atoms with E-state index in [1.54, 1.807) is 0 Å².